The maximum atomic E-state index is 11.7. The topological polar surface area (TPSA) is 66.4 Å². The predicted molar refractivity (Wildman–Crippen MR) is 72.2 cm³/mol. The average Bonchev–Trinajstić information content (AvgIpc) is 2.69. The Labute approximate surface area is 115 Å². The van der Waals surface area contributed by atoms with E-state index in [0.29, 0.717) is 15.6 Å². The standard InChI is InChI=1S/C12H16ClNO3S/c1-7(2)5-8(12(16)17)6-14-11(15)9-3-4-10(13)18-9/h3-4,7-8H,5-6H2,1-2H3,(H,14,15)(H,16,17). The third kappa shape index (κ3) is 4.66. The van der Waals surface area contributed by atoms with Crippen molar-refractivity contribution >= 4 is 34.8 Å². The van der Waals surface area contributed by atoms with Crippen molar-refractivity contribution in [2.24, 2.45) is 11.8 Å². The minimum atomic E-state index is -0.881. The fourth-order valence-electron chi connectivity index (χ4n) is 1.58. The van der Waals surface area contributed by atoms with Crippen LogP contribution in [0.5, 0.6) is 0 Å². The summed E-state index contributed by atoms with van der Waals surface area (Å²) >= 11 is 6.91. The Bertz CT molecular complexity index is 431. The van der Waals surface area contributed by atoms with Crippen LogP contribution in [0.25, 0.3) is 0 Å². The third-order valence-electron chi connectivity index (χ3n) is 2.41. The van der Waals surface area contributed by atoms with Crippen LogP contribution in [0, 0.1) is 11.8 Å². The highest BCUT2D eigenvalue weighted by Crippen LogP contribution is 2.21. The first-order valence-corrected chi connectivity index (χ1v) is 6.86. The highest BCUT2D eigenvalue weighted by atomic mass is 35.5. The van der Waals surface area contributed by atoms with Crippen molar-refractivity contribution in [3.63, 3.8) is 0 Å². The number of rotatable bonds is 6. The minimum absolute atomic E-state index is 0.141. The van der Waals surface area contributed by atoms with Gasteiger partial charge in [0.1, 0.15) is 0 Å². The van der Waals surface area contributed by atoms with Gasteiger partial charge >= 0.3 is 5.97 Å². The van der Waals surface area contributed by atoms with E-state index in [4.69, 9.17) is 16.7 Å². The van der Waals surface area contributed by atoms with Gasteiger partial charge in [0.15, 0.2) is 0 Å². The maximum Gasteiger partial charge on any atom is 0.308 e. The molecule has 0 aliphatic carbocycles. The lowest BCUT2D eigenvalue weighted by molar-refractivity contribution is -0.142. The van der Waals surface area contributed by atoms with Crippen LogP contribution in [0.3, 0.4) is 0 Å². The van der Waals surface area contributed by atoms with Gasteiger partial charge in [0.05, 0.1) is 15.1 Å². The summed E-state index contributed by atoms with van der Waals surface area (Å²) in [6.07, 6.45) is 0.542. The number of carbonyl (C=O) groups is 2. The molecule has 4 nitrogen and oxygen atoms in total. The van der Waals surface area contributed by atoms with Crippen LogP contribution in [0.4, 0.5) is 0 Å². The second-order valence-electron chi connectivity index (χ2n) is 4.48. The number of carboxylic acids is 1. The highest BCUT2D eigenvalue weighted by molar-refractivity contribution is 7.17. The number of hydrogen-bond acceptors (Lipinski definition) is 3. The molecule has 0 saturated heterocycles. The van der Waals surface area contributed by atoms with E-state index in [2.05, 4.69) is 5.32 Å². The maximum absolute atomic E-state index is 11.7. The summed E-state index contributed by atoms with van der Waals surface area (Å²) in [4.78, 5) is 23.2. The van der Waals surface area contributed by atoms with Gasteiger partial charge in [-0.25, -0.2) is 0 Å². The quantitative estimate of drug-likeness (QED) is 0.846. The Kier molecular flexibility index (Phi) is 5.62. The van der Waals surface area contributed by atoms with Gasteiger partial charge < -0.3 is 10.4 Å². The summed E-state index contributed by atoms with van der Waals surface area (Å²) in [6, 6.07) is 3.27. The zero-order chi connectivity index (χ0) is 13.7. The summed E-state index contributed by atoms with van der Waals surface area (Å²) in [5.74, 6) is -1.43. The molecule has 0 spiro atoms. The first kappa shape index (κ1) is 15.0. The van der Waals surface area contributed by atoms with E-state index in [1.54, 1.807) is 12.1 Å². The summed E-state index contributed by atoms with van der Waals surface area (Å²) in [5.41, 5.74) is 0. The average molecular weight is 290 g/mol. The summed E-state index contributed by atoms with van der Waals surface area (Å²) in [6.45, 7) is 4.05. The fourth-order valence-corrected chi connectivity index (χ4v) is 2.54. The molecule has 0 bridgehead atoms. The SMILES string of the molecule is CC(C)CC(CNC(=O)c1ccc(Cl)s1)C(=O)O. The summed E-state index contributed by atoms with van der Waals surface area (Å²) in [7, 11) is 0. The molecule has 0 aromatic carbocycles. The van der Waals surface area contributed by atoms with Crippen LogP contribution in [0.2, 0.25) is 4.34 Å². The summed E-state index contributed by atoms with van der Waals surface area (Å²) < 4.78 is 0.539. The molecule has 1 unspecified atom stereocenters. The Morgan fingerprint density at radius 1 is 1.44 bits per heavy atom. The van der Waals surface area contributed by atoms with Gasteiger partial charge in [-0.05, 0) is 24.5 Å². The number of amides is 1. The molecule has 1 atom stereocenters. The van der Waals surface area contributed by atoms with Crippen molar-refractivity contribution in [2.45, 2.75) is 20.3 Å². The first-order valence-electron chi connectivity index (χ1n) is 5.66. The number of nitrogens with one attached hydrogen (secondary N) is 1. The van der Waals surface area contributed by atoms with Gasteiger partial charge in [-0.15, -0.1) is 11.3 Å². The lowest BCUT2D eigenvalue weighted by Gasteiger charge is -2.14. The smallest absolute Gasteiger partial charge is 0.308 e. The molecule has 0 fully saturated rings. The second-order valence-corrected chi connectivity index (χ2v) is 6.19. The monoisotopic (exact) mass is 289 g/mol. The molecule has 1 aromatic heterocycles. The number of carbonyl (C=O) groups excluding carboxylic acids is 1. The largest absolute Gasteiger partial charge is 0.481 e. The number of halogens is 1. The Hall–Kier alpha value is -1.07. The van der Waals surface area contributed by atoms with Crippen molar-refractivity contribution in [1.29, 1.82) is 0 Å². The molecule has 0 aliphatic rings. The van der Waals surface area contributed by atoms with Crippen LogP contribution >= 0.6 is 22.9 Å². The predicted octanol–water partition coefficient (Wildman–Crippen LogP) is 2.88. The van der Waals surface area contributed by atoms with Gasteiger partial charge in [0.25, 0.3) is 5.91 Å². The second kappa shape index (κ2) is 6.75. The van der Waals surface area contributed by atoms with Gasteiger partial charge in [-0.2, -0.15) is 0 Å². The van der Waals surface area contributed by atoms with Crippen LogP contribution < -0.4 is 5.32 Å². The van der Waals surface area contributed by atoms with Gasteiger partial charge in [0, 0.05) is 6.54 Å². The Morgan fingerprint density at radius 3 is 2.56 bits per heavy atom. The minimum Gasteiger partial charge on any atom is -0.481 e. The van der Waals surface area contributed by atoms with E-state index < -0.39 is 11.9 Å². The molecule has 6 heteroatoms. The van der Waals surface area contributed by atoms with E-state index in [9.17, 15) is 9.59 Å². The number of hydrogen-bond donors (Lipinski definition) is 2. The van der Waals surface area contributed by atoms with E-state index in [1.165, 1.54) is 11.3 Å². The van der Waals surface area contributed by atoms with Crippen LogP contribution in [0.15, 0.2) is 12.1 Å². The Balaban J connectivity index is 2.52. The molecule has 1 amide bonds. The van der Waals surface area contributed by atoms with Crippen LogP contribution in [-0.4, -0.2) is 23.5 Å². The van der Waals surface area contributed by atoms with Gasteiger partial charge in [0.2, 0.25) is 0 Å². The highest BCUT2D eigenvalue weighted by Gasteiger charge is 2.20. The first-order chi connectivity index (χ1) is 8.40. The number of aliphatic carboxylic acids is 1. The number of thiophene rings is 1. The molecule has 1 aromatic rings. The molecular weight excluding hydrogens is 274 g/mol. The molecule has 0 radical (unpaired) electrons. The normalized spacial score (nSPS) is 12.4. The van der Waals surface area contributed by atoms with E-state index in [-0.39, 0.29) is 18.4 Å². The van der Waals surface area contributed by atoms with Gasteiger partial charge in [-0.3, -0.25) is 9.59 Å². The molecule has 1 rings (SSSR count). The molecule has 0 aliphatic heterocycles. The van der Waals surface area contributed by atoms with Crippen LogP contribution in [0.1, 0.15) is 29.9 Å². The Morgan fingerprint density at radius 2 is 2.11 bits per heavy atom. The van der Waals surface area contributed by atoms with Crippen molar-refractivity contribution in [1.82, 2.24) is 5.32 Å². The zero-order valence-corrected chi connectivity index (χ0v) is 11.8. The van der Waals surface area contributed by atoms with Crippen molar-refractivity contribution < 1.29 is 14.7 Å². The van der Waals surface area contributed by atoms with Crippen molar-refractivity contribution in [2.75, 3.05) is 6.54 Å². The summed E-state index contributed by atoms with van der Waals surface area (Å²) in [5, 5.41) is 11.7. The van der Waals surface area contributed by atoms with Crippen LogP contribution in [-0.2, 0) is 4.79 Å². The van der Waals surface area contributed by atoms with E-state index >= 15 is 0 Å². The molecule has 100 valence electrons. The molecule has 18 heavy (non-hydrogen) atoms. The number of carboxylic acid groups (broad SMARTS) is 1. The third-order valence-corrected chi connectivity index (χ3v) is 3.64. The fraction of sp³-hybridized carbons (Fsp3) is 0.500. The van der Waals surface area contributed by atoms with Gasteiger partial charge in [-0.1, -0.05) is 25.4 Å². The zero-order valence-electron chi connectivity index (χ0n) is 10.3. The lowest BCUT2D eigenvalue weighted by Crippen LogP contribution is -2.33. The lowest BCUT2D eigenvalue weighted by atomic mass is 9.97. The van der Waals surface area contributed by atoms with Crippen molar-refractivity contribution in [3.05, 3.63) is 21.3 Å². The van der Waals surface area contributed by atoms with E-state index in [1.807, 2.05) is 13.8 Å². The molecule has 2 N–H and O–H groups in total. The molecule has 0 saturated carbocycles. The van der Waals surface area contributed by atoms with E-state index in [0.717, 1.165) is 0 Å². The van der Waals surface area contributed by atoms with Crippen molar-refractivity contribution in [3.8, 4) is 0 Å². The molecular formula is C12H16ClNO3S. The molecule has 1 heterocycles.